The van der Waals surface area contributed by atoms with E-state index in [4.69, 9.17) is 9.47 Å². The van der Waals surface area contributed by atoms with E-state index >= 15 is 0 Å². The Hall–Kier alpha value is -2.75. The number of halogens is 1. The second kappa shape index (κ2) is 10.5. The highest BCUT2D eigenvalue weighted by Gasteiger charge is 2.21. The van der Waals surface area contributed by atoms with E-state index in [1.165, 1.54) is 28.8 Å². The molecule has 2 nitrogen and oxygen atoms in total. The molecule has 3 heteroatoms. The van der Waals surface area contributed by atoms with Crippen molar-refractivity contribution >= 4 is 0 Å². The quantitative estimate of drug-likeness (QED) is 0.366. The third-order valence-corrected chi connectivity index (χ3v) is 5.83. The van der Waals surface area contributed by atoms with Crippen LogP contribution in [0, 0.1) is 11.7 Å². The van der Waals surface area contributed by atoms with Gasteiger partial charge in [-0.15, -0.1) is 6.58 Å². The van der Waals surface area contributed by atoms with Crippen molar-refractivity contribution in [3.8, 4) is 22.3 Å². The molecule has 0 atom stereocenters. The lowest BCUT2D eigenvalue weighted by Gasteiger charge is -2.29. The Morgan fingerprint density at radius 3 is 1.74 bits per heavy atom. The average molecular weight is 417 g/mol. The van der Waals surface area contributed by atoms with E-state index in [1.54, 1.807) is 12.1 Å². The van der Waals surface area contributed by atoms with Crippen molar-refractivity contribution in [2.24, 2.45) is 5.92 Å². The fraction of sp³-hybridized carbons (Fsp3) is 0.286. The largest absolute Gasteiger partial charge is 0.352 e. The van der Waals surface area contributed by atoms with Gasteiger partial charge < -0.3 is 9.47 Å². The Balaban J connectivity index is 1.29. The molecule has 160 valence electrons. The van der Waals surface area contributed by atoms with Gasteiger partial charge in [-0.1, -0.05) is 66.7 Å². The van der Waals surface area contributed by atoms with Crippen molar-refractivity contribution in [2.45, 2.75) is 32.0 Å². The summed E-state index contributed by atoms with van der Waals surface area (Å²) in [4.78, 5) is 0. The maximum atomic E-state index is 13.1. The molecule has 0 radical (unpaired) electrons. The van der Waals surface area contributed by atoms with Crippen LogP contribution in [0.15, 0.2) is 85.5 Å². The Morgan fingerprint density at radius 2 is 1.23 bits per heavy atom. The van der Waals surface area contributed by atoms with E-state index in [9.17, 15) is 4.39 Å². The molecular formula is C28H29FO2. The third kappa shape index (κ3) is 5.90. The SMILES string of the molecule is C=CCCC1COC(CCc2ccc(-c3ccc(-c4ccc(F)cc4)cc3)cc2)OC1. The van der Waals surface area contributed by atoms with Gasteiger partial charge in [-0.3, -0.25) is 0 Å². The van der Waals surface area contributed by atoms with Gasteiger partial charge in [-0.05, 0) is 59.2 Å². The molecule has 0 spiro atoms. The molecule has 0 aromatic heterocycles. The summed E-state index contributed by atoms with van der Waals surface area (Å²) in [6, 6.07) is 23.7. The van der Waals surface area contributed by atoms with Crippen LogP contribution in [0.5, 0.6) is 0 Å². The summed E-state index contributed by atoms with van der Waals surface area (Å²) in [5, 5.41) is 0. The zero-order chi connectivity index (χ0) is 21.5. The Bertz CT molecular complexity index is 953. The van der Waals surface area contributed by atoms with Gasteiger partial charge in [0.25, 0.3) is 0 Å². The van der Waals surface area contributed by atoms with Gasteiger partial charge in [0, 0.05) is 12.3 Å². The second-order valence-electron chi connectivity index (χ2n) is 8.15. The summed E-state index contributed by atoms with van der Waals surface area (Å²) < 4.78 is 24.9. The van der Waals surface area contributed by atoms with E-state index in [-0.39, 0.29) is 12.1 Å². The number of hydrogen-bond acceptors (Lipinski definition) is 2. The number of benzene rings is 3. The lowest BCUT2D eigenvalue weighted by atomic mass is 9.99. The van der Waals surface area contributed by atoms with Crippen molar-refractivity contribution in [1.82, 2.24) is 0 Å². The van der Waals surface area contributed by atoms with Crippen molar-refractivity contribution in [3.63, 3.8) is 0 Å². The van der Waals surface area contributed by atoms with Crippen LogP contribution in [0.2, 0.25) is 0 Å². The van der Waals surface area contributed by atoms with Crippen LogP contribution < -0.4 is 0 Å². The van der Waals surface area contributed by atoms with Gasteiger partial charge in [-0.2, -0.15) is 0 Å². The molecule has 0 aliphatic carbocycles. The predicted molar refractivity (Wildman–Crippen MR) is 124 cm³/mol. The van der Waals surface area contributed by atoms with E-state index in [1.807, 2.05) is 6.08 Å². The van der Waals surface area contributed by atoms with Crippen LogP contribution in [0.4, 0.5) is 4.39 Å². The number of rotatable bonds is 8. The van der Waals surface area contributed by atoms with Crippen LogP contribution in [0.3, 0.4) is 0 Å². The van der Waals surface area contributed by atoms with Crippen LogP contribution in [0.1, 0.15) is 24.8 Å². The maximum absolute atomic E-state index is 13.1. The first-order valence-electron chi connectivity index (χ1n) is 11.0. The normalized spacial score (nSPS) is 18.6. The number of aryl methyl sites for hydroxylation is 1. The first kappa shape index (κ1) is 21.5. The summed E-state index contributed by atoms with van der Waals surface area (Å²) in [6.45, 7) is 5.34. The first-order valence-corrected chi connectivity index (χ1v) is 11.0. The van der Waals surface area contributed by atoms with Gasteiger partial charge in [0.15, 0.2) is 6.29 Å². The van der Waals surface area contributed by atoms with Gasteiger partial charge in [0.05, 0.1) is 13.2 Å². The molecule has 3 aromatic rings. The molecule has 1 saturated heterocycles. The van der Waals surface area contributed by atoms with E-state index < -0.39 is 0 Å². The van der Waals surface area contributed by atoms with Crippen LogP contribution in [-0.2, 0) is 15.9 Å². The highest BCUT2D eigenvalue weighted by Crippen LogP contribution is 2.26. The van der Waals surface area contributed by atoms with Gasteiger partial charge in [0.1, 0.15) is 5.82 Å². The Labute approximate surface area is 184 Å². The lowest BCUT2D eigenvalue weighted by molar-refractivity contribution is -0.203. The van der Waals surface area contributed by atoms with Crippen LogP contribution in [-0.4, -0.2) is 19.5 Å². The zero-order valence-corrected chi connectivity index (χ0v) is 17.8. The maximum Gasteiger partial charge on any atom is 0.157 e. The fourth-order valence-corrected chi connectivity index (χ4v) is 3.92. The molecular weight excluding hydrogens is 387 g/mol. The van der Waals surface area contributed by atoms with Gasteiger partial charge in [0.2, 0.25) is 0 Å². The fourth-order valence-electron chi connectivity index (χ4n) is 3.92. The average Bonchev–Trinajstić information content (AvgIpc) is 2.83. The molecule has 4 rings (SSSR count). The van der Waals surface area contributed by atoms with Crippen molar-refractivity contribution in [2.75, 3.05) is 13.2 Å². The van der Waals surface area contributed by atoms with E-state index in [0.29, 0.717) is 5.92 Å². The standard InChI is InChI=1S/C28H29FO2/c1-2-3-4-22-19-30-28(31-20-22)18-7-21-5-8-23(9-6-21)24-10-12-25(13-11-24)26-14-16-27(29)17-15-26/h2,5-6,8-17,22,28H,1,3-4,7,18-20H2. The highest BCUT2D eigenvalue weighted by atomic mass is 19.1. The van der Waals surface area contributed by atoms with Crippen LogP contribution in [0.25, 0.3) is 22.3 Å². The Kier molecular flexibility index (Phi) is 7.29. The third-order valence-electron chi connectivity index (χ3n) is 5.83. The Morgan fingerprint density at radius 1 is 0.742 bits per heavy atom. The molecule has 0 bridgehead atoms. The molecule has 0 saturated carbocycles. The molecule has 31 heavy (non-hydrogen) atoms. The molecule has 0 N–H and O–H groups in total. The predicted octanol–water partition coefficient (Wildman–Crippen LogP) is 7.05. The van der Waals surface area contributed by atoms with Crippen molar-refractivity contribution < 1.29 is 13.9 Å². The summed E-state index contributed by atoms with van der Waals surface area (Å²) in [5.41, 5.74) is 5.74. The summed E-state index contributed by atoms with van der Waals surface area (Å²) in [6.07, 6.45) is 5.77. The van der Waals surface area contributed by atoms with E-state index in [0.717, 1.165) is 50.0 Å². The van der Waals surface area contributed by atoms with E-state index in [2.05, 4.69) is 55.1 Å². The minimum atomic E-state index is -0.213. The lowest BCUT2D eigenvalue weighted by Crippen LogP contribution is -2.32. The molecule has 0 unspecified atom stereocenters. The van der Waals surface area contributed by atoms with Gasteiger partial charge >= 0.3 is 0 Å². The molecule has 1 heterocycles. The molecule has 1 fully saturated rings. The minimum Gasteiger partial charge on any atom is -0.352 e. The summed E-state index contributed by atoms with van der Waals surface area (Å²) >= 11 is 0. The highest BCUT2D eigenvalue weighted by molar-refractivity contribution is 5.70. The zero-order valence-electron chi connectivity index (χ0n) is 17.8. The minimum absolute atomic E-state index is 0.0985. The summed E-state index contributed by atoms with van der Waals surface area (Å²) in [5.74, 6) is 0.276. The van der Waals surface area contributed by atoms with Gasteiger partial charge in [-0.25, -0.2) is 4.39 Å². The molecule has 3 aromatic carbocycles. The first-order chi connectivity index (χ1) is 15.2. The molecule has 1 aliphatic heterocycles. The topological polar surface area (TPSA) is 18.5 Å². The molecule has 1 aliphatic rings. The van der Waals surface area contributed by atoms with Crippen molar-refractivity contribution in [3.05, 3.63) is 96.8 Å². The summed E-state index contributed by atoms with van der Waals surface area (Å²) in [7, 11) is 0. The monoisotopic (exact) mass is 416 g/mol. The van der Waals surface area contributed by atoms with Crippen molar-refractivity contribution in [1.29, 1.82) is 0 Å². The number of hydrogen-bond donors (Lipinski definition) is 0. The molecule has 0 amide bonds. The van der Waals surface area contributed by atoms with Crippen LogP contribution >= 0.6 is 0 Å². The number of allylic oxidation sites excluding steroid dienone is 1. The smallest absolute Gasteiger partial charge is 0.157 e. The number of ether oxygens (including phenoxy) is 2. The second-order valence-corrected chi connectivity index (χ2v) is 8.15.